The lowest BCUT2D eigenvalue weighted by atomic mass is 9.96. The second-order valence-electron chi connectivity index (χ2n) is 7.31. The lowest BCUT2D eigenvalue weighted by molar-refractivity contribution is 0.0669. The van der Waals surface area contributed by atoms with Crippen molar-refractivity contribution in [1.82, 2.24) is 10.2 Å². The van der Waals surface area contributed by atoms with Gasteiger partial charge in [0, 0.05) is 13.1 Å². The van der Waals surface area contributed by atoms with Gasteiger partial charge >= 0.3 is 0 Å². The van der Waals surface area contributed by atoms with E-state index >= 15 is 0 Å². The third-order valence-electron chi connectivity index (χ3n) is 5.34. The van der Waals surface area contributed by atoms with E-state index in [4.69, 9.17) is 0 Å². The normalized spacial score (nSPS) is 16.7. The molecule has 1 amide bonds. The maximum Gasteiger partial charge on any atom is 0.256 e. The third kappa shape index (κ3) is 4.88. The highest BCUT2D eigenvalue weighted by atomic mass is 35.5. The number of piperidine rings is 1. The highest BCUT2D eigenvalue weighted by Gasteiger charge is 2.25. The van der Waals surface area contributed by atoms with Crippen molar-refractivity contribution in [3.8, 4) is 11.1 Å². The Morgan fingerprint density at radius 3 is 2.52 bits per heavy atom. The SMILES string of the molecule is CNCC1CCCN(C(=O)c2ccc(-c3ccc(C)c(C)c3)cc2F)C1.Cl. The van der Waals surface area contributed by atoms with Gasteiger partial charge in [-0.1, -0.05) is 24.3 Å². The van der Waals surface area contributed by atoms with Crippen LogP contribution >= 0.6 is 12.4 Å². The average Bonchev–Trinajstić information content (AvgIpc) is 2.64. The number of hydrogen-bond donors (Lipinski definition) is 1. The molecule has 1 heterocycles. The molecule has 1 unspecified atom stereocenters. The number of carbonyl (C=O) groups excluding carboxylic acids is 1. The van der Waals surface area contributed by atoms with Crippen molar-refractivity contribution in [2.75, 3.05) is 26.7 Å². The van der Waals surface area contributed by atoms with Gasteiger partial charge in [-0.2, -0.15) is 0 Å². The van der Waals surface area contributed by atoms with Crippen LogP contribution in [0.15, 0.2) is 36.4 Å². The first-order valence-corrected chi connectivity index (χ1v) is 9.30. The van der Waals surface area contributed by atoms with Gasteiger partial charge in [-0.15, -0.1) is 12.4 Å². The number of halogens is 2. The minimum atomic E-state index is -0.443. The molecular formula is C22H28ClFN2O. The Balaban J connectivity index is 0.00000261. The molecule has 27 heavy (non-hydrogen) atoms. The van der Waals surface area contributed by atoms with Crippen LogP contribution in [-0.4, -0.2) is 37.5 Å². The Bertz CT molecular complexity index is 807. The molecule has 2 aromatic rings. The van der Waals surface area contributed by atoms with Crippen LogP contribution in [-0.2, 0) is 0 Å². The van der Waals surface area contributed by atoms with Gasteiger partial charge in [-0.25, -0.2) is 4.39 Å². The van der Waals surface area contributed by atoms with Crippen LogP contribution in [0.1, 0.15) is 34.3 Å². The summed E-state index contributed by atoms with van der Waals surface area (Å²) in [6, 6.07) is 11.0. The van der Waals surface area contributed by atoms with E-state index in [9.17, 15) is 9.18 Å². The lowest BCUT2D eigenvalue weighted by Gasteiger charge is -2.32. The van der Waals surface area contributed by atoms with Gasteiger partial charge in [0.2, 0.25) is 0 Å². The topological polar surface area (TPSA) is 32.3 Å². The molecule has 0 bridgehead atoms. The van der Waals surface area contributed by atoms with E-state index in [2.05, 4.69) is 18.3 Å². The number of nitrogens with one attached hydrogen (secondary N) is 1. The lowest BCUT2D eigenvalue weighted by Crippen LogP contribution is -2.42. The second kappa shape index (κ2) is 9.34. The van der Waals surface area contributed by atoms with Crippen LogP contribution in [0.3, 0.4) is 0 Å². The van der Waals surface area contributed by atoms with Crippen LogP contribution < -0.4 is 5.32 Å². The largest absolute Gasteiger partial charge is 0.338 e. The van der Waals surface area contributed by atoms with Gasteiger partial charge < -0.3 is 10.2 Å². The Labute approximate surface area is 167 Å². The minimum absolute atomic E-state index is 0. The zero-order valence-corrected chi connectivity index (χ0v) is 17.0. The van der Waals surface area contributed by atoms with Crippen molar-refractivity contribution in [2.45, 2.75) is 26.7 Å². The summed E-state index contributed by atoms with van der Waals surface area (Å²) in [6.07, 6.45) is 2.08. The molecule has 1 atom stereocenters. The molecule has 1 aliphatic heterocycles. The molecule has 2 aromatic carbocycles. The first kappa shape index (κ1) is 21.4. The van der Waals surface area contributed by atoms with E-state index < -0.39 is 5.82 Å². The molecule has 3 rings (SSSR count). The van der Waals surface area contributed by atoms with Gasteiger partial charge in [0.15, 0.2) is 0 Å². The summed E-state index contributed by atoms with van der Waals surface area (Å²) in [6.45, 7) is 6.39. The molecule has 0 aromatic heterocycles. The number of rotatable bonds is 4. The number of hydrogen-bond acceptors (Lipinski definition) is 2. The predicted molar refractivity (Wildman–Crippen MR) is 111 cm³/mol. The number of aryl methyl sites for hydroxylation is 2. The first-order chi connectivity index (χ1) is 12.5. The predicted octanol–water partition coefficient (Wildman–Crippen LogP) is 4.60. The molecule has 0 radical (unpaired) electrons. The highest BCUT2D eigenvalue weighted by Crippen LogP contribution is 2.26. The van der Waals surface area contributed by atoms with E-state index in [0.29, 0.717) is 19.0 Å². The highest BCUT2D eigenvalue weighted by molar-refractivity contribution is 5.95. The fraction of sp³-hybridized carbons (Fsp3) is 0.409. The van der Waals surface area contributed by atoms with Crippen molar-refractivity contribution in [1.29, 1.82) is 0 Å². The molecule has 1 saturated heterocycles. The quantitative estimate of drug-likeness (QED) is 0.827. The molecule has 1 aliphatic rings. The van der Waals surface area contributed by atoms with Gasteiger partial charge in [-0.05, 0) is 80.6 Å². The standard InChI is InChI=1S/C22H27FN2O.ClH/c1-15-6-7-18(11-16(15)2)19-8-9-20(21(23)12-19)22(26)25-10-4-5-17(14-25)13-24-3;/h6-9,11-12,17,24H,4-5,10,13-14H2,1-3H3;1H. The van der Waals surface area contributed by atoms with Crippen molar-refractivity contribution >= 4 is 18.3 Å². The van der Waals surface area contributed by atoms with E-state index in [1.54, 1.807) is 11.0 Å². The average molecular weight is 391 g/mol. The van der Waals surface area contributed by atoms with E-state index in [1.165, 1.54) is 17.2 Å². The van der Waals surface area contributed by atoms with E-state index in [1.807, 2.05) is 32.2 Å². The van der Waals surface area contributed by atoms with Crippen LogP contribution in [0, 0.1) is 25.6 Å². The molecule has 3 nitrogen and oxygen atoms in total. The number of benzene rings is 2. The van der Waals surface area contributed by atoms with Gasteiger partial charge in [0.05, 0.1) is 5.56 Å². The summed E-state index contributed by atoms with van der Waals surface area (Å²) in [5.74, 6) is -0.202. The maximum atomic E-state index is 14.7. The van der Waals surface area contributed by atoms with E-state index in [-0.39, 0.29) is 23.9 Å². The Morgan fingerprint density at radius 2 is 1.85 bits per heavy atom. The molecule has 1 N–H and O–H groups in total. The summed E-state index contributed by atoms with van der Waals surface area (Å²) in [7, 11) is 1.92. The van der Waals surface area contributed by atoms with Crippen LogP contribution in [0.2, 0.25) is 0 Å². The summed E-state index contributed by atoms with van der Waals surface area (Å²) < 4.78 is 14.7. The van der Waals surface area contributed by atoms with Crippen molar-refractivity contribution in [3.63, 3.8) is 0 Å². The third-order valence-corrected chi connectivity index (χ3v) is 5.34. The number of amides is 1. The molecule has 0 saturated carbocycles. The molecule has 0 aliphatic carbocycles. The molecule has 0 spiro atoms. The van der Waals surface area contributed by atoms with Crippen LogP contribution in [0.25, 0.3) is 11.1 Å². The minimum Gasteiger partial charge on any atom is -0.338 e. The summed E-state index contributed by atoms with van der Waals surface area (Å²) in [4.78, 5) is 14.6. The number of carbonyl (C=O) groups is 1. The van der Waals surface area contributed by atoms with Gasteiger partial charge in [0.1, 0.15) is 5.82 Å². The monoisotopic (exact) mass is 390 g/mol. The van der Waals surface area contributed by atoms with Gasteiger partial charge in [-0.3, -0.25) is 4.79 Å². The maximum absolute atomic E-state index is 14.7. The van der Waals surface area contributed by atoms with Crippen molar-refractivity contribution in [3.05, 3.63) is 58.9 Å². The Kier molecular flexibility index (Phi) is 7.40. The molecule has 5 heteroatoms. The summed E-state index contributed by atoms with van der Waals surface area (Å²) in [5, 5.41) is 3.17. The van der Waals surface area contributed by atoms with E-state index in [0.717, 1.165) is 30.5 Å². The smallest absolute Gasteiger partial charge is 0.256 e. The van der Waals surface area contributed by atoms with Gasteiger partial charge in [0.25, 0.3) is 5.91 Å². The molecule has 1 fully saturated rings. The molecular weight excluding hydrogens is 363 g/mol. The summed E-state index contributed by atoms with van der Waals surface area (Å²) in [5.41, 5.74) is 4.32. The van der Waals surface area contributed by atoms with Crippen LogP contribution in [0.5, 0.6) is 0 Å². The number of nitrogens with zero attached hydrogens (tertiary/aromatic N) is 1. The Hall–Kier alpha value is -1.91. The fourth-order valence-electron chi connectivity index (χ4n) is 3.66. The number of likely N-dealkylation sites (tertiary alicyclic amines) is 1. The van der Waals surface area contributed by atoms with Crippen molar-refractivity contribution in [2.24, 2.45) is 5.92 Å². The van der Waals surface area contributed by atoms with Crippen molar-refractivity contribution < 1.29 is 9.18 Å². The Morgan fingerprint density at radius 1 is 1.15 bits per heavy atom. The summed E-state index contributed by atoms with van der Waals surface area (Å²) >= 11 is 0. The molecule has 146 valence electrons. The fourth-order valence-corrected chi connectivity index (χ4v) is 3.66. The zero-order chi connectivity index (χ0) is 18.7. The van der Waals surface area contributed by atoms with Crippen LogP contribution in [0.4, 0.5) is 4.39 Å². The second-order valence-corrected chi connectivity index (χ2v) is 7.31. The first-order valence-electron chi connectivity index (χ1n) is 9.30. The zero-order valence-electron chi connectivity index (χ0n) is 16.2.